The maximum atomic E-state index is 12.0. The lowest BCUT2D eigenvalue weighted by Gasteiger charge is -2.52. The number of carbonyl (C=O) groups excluding carboxylic acids is 1. The third-order valence-corrected chi connectivity index (χ3v) is 8.00. The van der Waals surface area contributed by atoms with E-state index in [0.29, 0.717) is 36.0 Å². The molecule has 5 rings (SSSR count). The molecule has 1 amide bonds. The molecule has 0 N–H and O–H groups in total. The van der Waals surface area contributed by atoms with E-state index >= 15 is 0 Å². The van der Waals surface area contributed by atoms with Crippen LogP contribution in [0.3, 0.4) is 0 Å². The molecule has 0 unspecified atom stereocenters. The van der Waals surface area contributed by atoms with Gasteiger partial charge in [0.25, 0.3) is 0 Å². The van der Waals surface area contributed by atoms with Gasteiger partial charge in [0.05, 0.1) is 6.61 Å². The van der Waals surface area contributed by atoms with E-state index in [1.165, 1.54) is 51.6 Å². The lowest BCUT2D eigenvalue weighted by Crippen LogP contribution is -2.55. The highest BCUT2D eigenvalue weighted by Crippen LogP contribution is 2.51. The van der Waals surface area contributed by atoms with Crippen LogP contribution in [-0.2, 0) is 4.74 Å². The minimum absolute atomic E-state index is 0.129. The molecule has 0 bridgehead atoms. The molecule has 8 heteroatoms. The second-order valence-electron chi connectivity index (χ2n) is 9.81. The summed E-state index contributed by atoms with van der Waals surface area (Å²) in [7, 11) is 0. The molecule has 1 aromatic rings. The van der Waals surface area contributed by atoms with Gasteiger partial charge in [0.2, 0.25) is 5.89 Å². The van der Waals surface area contributed by atoms with Crippen molar-refractivity contribution < 1.29 is 13.9 Å². The molecule has 166 valence electrons. The van der Waals surface area contributed by atoms with Crippen molar-refractivity contribution in [3.63, 3.8) is 0 Å². The number of hydrogen-bond acceptors (Lipinski definition) is 7. The van der Waals surface area contributed by atoms with Crippen LogP contribution in [0.2, 0.25) is 0 Å². The van der Waals surface area contributed by atoms with Crippen LogP contribution in [0.1, 0.15) is 57.8 Å². The van der Waals surface area contributed by atoms with E-state index in [1.807, 2.05) is 18.7 Å². The summed E-state index contributed by atoms with van der Waals surface area (Å²) < 4.78 is 10.9. The lowest BCUT2D eigenvalue weighted by molar-refractivity contribution is -0.0110. The molecule has 1 aliphatic carbocycles. The van der Waals surface area contributed by atoms with Crippen molar-refractivity contribution in [2.24, 2.45) is 11.3 Å². The first-order chi connectivity index (χ1) is 14.6. The van der Waals surface area contributed by atoms with Gasteiger partial charge in [-0.25, -0.2) is 4.79 Å². The van der Waals surface area contributed by atoms with Gasteiger partial charge in [-0.1, -0.05) is 5.10 Å². The van der Waals surface area contributed by atoms with Crippen LogP contribution in [0.4, 0.5) is 10.8 Å². The maximum absolute atomic E-state index is 12.0. The number of aryl methyl sites for hydroxylation is 1. The van der Waals surface area contributed by atoms with Gasteiger partial charge in [-0.15, -0.1) is 5.10 Å². The standard InChI is InChI=1S/C22H35N5O3/c1-3-29-21(28)26-12-8-22(15-26)13-18(14-22)25-10-6-17(7-11-25)19-5-4-9-27(19)20-24-23-16(2)30-20/h17-19H,3-15H2,1-2H3/t18?,19-,22?/m0/s1. The highest BCUT2D eigenvalue weighted by molar-refractivity contribution is 5.68. The summed E-state index contributed by atoms with van der Waals surface area (Å²) in [6, 6.07) is 1.96. The Morgan fingerprint density at radius 2 is 1.97 bits per heavy atom. The zero-order valence-electron chi connectivity index (χ0n) is 18.4. The number of nitrogens with zero attached hydrogens (tertiary/aromatic N) is 5. The molecule has 1 saturated carbocycles. The summed E-state index contributed by atoms with van der Waals surface area (Å²) in [6.07, 6.45) is 8.46. The van der Waals surface area contributed by atoms with E-state index in [-0.39, 0.29) is 6.09 Å². The quantitative estimate of drug-likeness (QED) is 0.745. The van der Waals surface area contributed by atoms with Crippen molar-refractivity contribution in [1.82, 2.24) is 20.0 Å². The molecule has 4 heterocycles. The number of likely N-dealkylation sites (tertiary alicyclic amines) is 2. The van der Waals surface area contributed by atoms with Crippen LogP contribution < -0.4 is 4.90 Å². The molecular weight excluding hydrogens is 382 g/mol. The molecule has 1 aromatic heterocycles. The lowest BCUT2D eigenvalue weighted by atomic mass is 9.64. The average molecular weight is 418 g/mol. The summed E-state index contributed by atoms with van der Waals surface area (Å²) >= 11 is 0. The molecule has 1 atom stereocenters. The highest BCUT2D eigenvalue weighted by Gasteiger charge is 2.51. The fourth-order valence-electron chi connectivity index (χ4n) is 6.43. The van der Waals surface area contributed by atoms with Crippen molar-refractivity contribution in [2.75, 3.05) is 44.2 Å². The van der Waals surface area contributed by atoms with E-state index < -0.39 is 0 Å². The number of anilines is 1. The third kappa shape index (κ3) is 3.67. The van der Waals surface area contributed by atoms with Gasteiger partial charge in [0, 0.05) is 38.6 Å². The molecule has 0 radical (unpaired) electrons. The Morgan fingerprint density at radius 1 is 1.17 bits per heavy atom. The van der Waals surface area contributed by atoms with Gasteiger partial charge in [0.1, 0.15) is 0 Å². The smallest absolute Gasteiger partial charge is 0.409 e. The van der Waals surface area contributed by atoms with Gasteiger partial charge in [-0.3, -0.25) is 0 Å². The van der Waals surface area contributed by atoms with Crippen LogP contribution in [0.15, 0.2) is 4.42 Å². The van der Waals surface area contributed by atoms with Crippen molar-refractivity contribution in [3.8, 4) is 0 Å². The minimum atomic E-state index is -0.129. The molecule has 1 spiro atoms. The third-order valence-electron chi connectivity index (χ3n) is 8.00. The first kappa shape index (κ1) is 20.1. The number of carbonyl (C=O) groups is 1. The van der Waals surface area contributed by atoms with Crippen LogP contribution in [-0.4, -0.2) is 77.5 Å². The second-order valence-corrected chi connectivity index (χ2v) is 9.81. The van der Waals surface area contributed by atoms with Gasteiger partial charge in [0.15, 0.2) is 0 Å². The normalized spacial score (nSPS) is 32.7. The fraction of sp³-hybridized carbons (Fsp3) is 0.864. The Hall–Kier alpha value is -1.83. The van der Waals surface area contributed by atoms with Crippen molar-refractivity contribution in [2.45, 2.75) is 70.9 Å². The van der Waals surface area contributed by atoms with Gasteiger partial charge in [-0.05, 0) is 76.3 Å². The molecule has 8 nitrogen and oxygen atoms in total. The Labute approximate surface area is 178 Å². The molecule has 4 fully saturated rings. The van der Waals surface area contributed by atoms with E-state index in [2.05, 4.69) is 20.0 Å². The van der Waals surface area contributed by atoms with Crippen LogP contribution in [0, 0.1) is 18.3 Å². The largest absolute Gasteiger partial charge is 0.450 e. The summed E-state index contributed by atoms with van der Waals surface area (Å²) in [6.45, 7) is 9.38. The molecule has 3 saturated heterocycles. The average Bonchev–Trinajstić information content (AvgIpc) is 3.46. The zero-order valence-corrected chi connectivity index (χ0v) is 18.4. The second kappa shape index (κ2) is 8.02. The van der Waals surface area contributed by atoms with Crippen molar-refractivity contribution in [3.05, 3.63) is 5.89 Å². The topological polar surface area (TPSA) is 74.9 Å². The van der Waals surface area contributed by atoms with E-state index in [0.717, 1.165) is 32.0 Å². The highest BCUT2D eigenvalue weighted by atomic mass is 16.6. The summed E-state index contributed by atoms with van der Waals surface area (Å²) in [5, 5.41) is 8.30. The number of piperidine rings is 1. The number of hydrogen-bond donors (Lipinski definition) is 0. The SMILES string of the molecule is CCOC(=O)N1CCC2(CC(N3CCC([C@@H]4CCCN4c4nnc(C)o4)CC3)C2)C1. The van der Waals surface area contributed by atoms with E-state index in [1.54, 1.807) is 0 Å². The first-order valence-corrected chi connectivity index (χ1v) is 11.8. The van der Waals surface area contributed by atoms with E-state index in [9.17, 15) is 4.79 Å². The number of amides is 1. The summed E-state index contributed by atoms with van der Waals surface area (Å²) in [5.74, 6) is 1.37. The summed E-state index contributed by atoms with van der Waals surface area (Å²) in [4.78, 5) is 19.0. The Balaban J connectivity index is 1.10. The van der Waals surface area contributed by atoms with Crippen molar-refractivity contribution in [1.29, 1.82) is 0 Å². The molecule has 0 aromatic carbocycles. The number of aromatic nitrogens is 2. The van der Waals surface area contributed by atoms with Crippen molar-refractivity contribution >= 4 is 12.1 Å². The monoisotopic (exact) mass is 417 g/mol. The predicted molar refractivity (Wildman–Crippen MR) is 112 cm³/mol. The zero-order chi connectivity index (χ0) is 20.7. The Morgan fingerprint density at radius 3 is 2.67 bits per heavy atom. The minimum Gasteiger partial charge on any atom is -0.450 e. The fourth-order valence-corrected chi connectivity index (χ4v) is 6.43. The van der Waals surface area contributed by atoms with E-state index in [4.69, 9.17) is 9.15 Å². The van der Waals surface area contributed by atoms with Crippen LogP contribution in [0.25, 0.3) is 0 Å². The molecule has 4 aliphatic rings. The Bertz CT molecular complexity index is 754. The molecule has 3 aliphatic heterocycles. The number of rotatable bonds is 4. The molecule has 30 heavy (non-hydrogen) atoms. The van der Waals surface area contributed by atoms with Gasteiger partial charge < -0.3 is 23.9 Å². The van der Waals surface area contributed by atoms with Crippen LogP contribution >= 0.6 is 0 Å². The van der Waals surface area contributed by atoms with Gasteiger partial charge >= 0.3 is 12.1 Å². The number of ether oxygens (including phenoxy) is 1. The molecular formula is C22H35N5O3. The summed E-state index contributed by atoms with van der Waals surface area (Å²) in [5.41, 5.74) is 0.354. The van der Waals surface area contributed by atoms with Gasteiger partial charge in [-0.2, -0.15) is 0 Å². The first-order valence-electron chi connectivity index (χ1n) is 11.8. The predicted octanol–water partition coefficient (Wildman–Crippen LogP) is 3.07. The van der Waals surface area contributed by atoms with Crippen LogP contribution in [0.5, 0.6) is 0 Å². The Kier molecular flexibility index (Phi) is 5.37. The maximum Gasteiger partial charge on any atom is 0.409 e.